The van der Waals surface area contributed by atoms with Crippen molar-refractivity contribution < 1.29 is 10.0 Å². The zero-order valence-corrected chi connectivity index (χ0v) is 11.7. The highest BCUT2D eigenvalue weighted by molar-refractivity contribution is 6.07. The maximum absolute atomic E-state index is 12.7. The summed E-state index contributed by atoms with van der Waals surface area (Å²) in [4.78, 5) is 14.5. The molecule has 1 aromatic rings. The van der Waals surface area contributed by atoms with Crippen molar-refractivity contribution in [3.05, 3.63) is 35.9 Å². The summed E-state index contributed by atoms with van der Waals surface area (Å²) in [6.07, 6.45) is 2.01. The summed E-state index contributed by atoms with van der Waals surface area (Å²) in [6.45, 7) is 3.67. The number of amidine groups is 1. The molecule has 1 saturated heterocycles. The fourth-order valence-corrected chi connectivity index (χ4v) is 2.55. The first-order chi connectivity index (χ1) is 9.63. The van der Waals surface area contributed by atoms with Gasteiger partial charge in [-0.25, -0.2) is 0 Å². The molecule has 0 aliphatic carbocycles. The van der Waals surface area contributed by atoms with Crippen LogP contribution in [0.3, 0.4) is 0 Å². The van der Waals surface area contributed by atoms with E-state index < -0.39 is 5.92 Å². The Morgan fingerprint density at radius 1 is 1.35 bits per heavy atom. The van der Waals surface area contributed by atoms with Gasteiger partial charge in [-0.1, -0.05) is 42.4 Å². The van der Waals surface area contributed by atoms with Gasteiger partial charge in [0.2, 0.25) is 5.91 Å². The number of rotatable bonds is 3. The molecule has 5 nitrogen and oxygen atoms in total. The molecule has 0 saturated carbocycles. The Balaban J connectivity index is 2.21. The third-order valence-electron chi connectivity index (χ3n) is 3.89. The molecule has 2 rings (SSSR count). The second-order valence-corrected chi connectivity index (χ2v) is 5.38. The lowest BCUT2D eigenvalue weighted by molar-refractivity contribution is -0.132. The number of carbonyl (C=O) groups excluding carboxylic acids is 1. The number of amides is 1. The molecule has 3 N–H and O–H groups in total. The van der Waals surface area contributed by atoms with E-state index in [2.05, 4.69) is 12.1 Å². The number of oxime groups is 1. The van der Waals surface area contributed by atoms with E-state index in [1.54, 1.807) is 0 Å². The molecule has 1 heterocycles. The molecule has 0 radical (unpaired) electrons. The van der Waals surface area contributed by atoms with E-state index in [4.69, 9.17) is 10.9 Å². The Labute approximate surface area is 119 Å². The van der Waals surface area contributed by atoms with Gasteiger partial charge < -0.3 is 15.8 Å². The van der Waals surface area contributed by atoms with Crippen molar-refractivity contribution in [2.75, 3.05) is 13.1 Å². The Kier molecular flexibility index (Phi) is 4.61. The molecule has 1 aliphatic rings. The lowest BCUT2D eigenvalue weighted by atomic mass is 9.93. The highest BCUT2D eigenvalue weighted by Gasteiger charge is 2.31. The summed E-state index contributed by atoms with van der Waals surface area (Å²) in [5.41, 5.74) is 6.49. The first-order valence-corrected chi connectivity index (χ1v) is 6.94. The molecule has 20 heavy (non-hydrogen) atoms. The Morgan fingerprint density at radius 2 is 1.95 bits per heavy atom. The lowest BCUT2D eigenvalue weighted by Gasteiger charge is -2.32. The number of carbonyl (C=O) groups is 1. The predicted molar refractivity (Wildman–Crippen MR) is 77.6 cm³/mol. The van der Waals surface area contributed by atoms with Crippen LogP contribution in [0.5, 0.6) is 0 Å². The standard InChI is InChI=1S/C15H21N3O2/c1-11-7-9-18(10-8-11)15(19)13(14(16)17-20)12-5-3-2-4-6-12/h2-6,11,13,20H,7-10H2,1H3,(H2,16,17). The summed E-state index contributed by atoms with van der Waals surface area (Å²) in [5.74, 6) is -0.189. The van der Waals surface area contributed by atoms with Gasteiger partial charge in [-0.2, -0.15) is 0 Å². The number of benzene rings is 1. The average molecular weight is 275 g/mol. The average Bonchev–Trinajstić information content (AvgIpc) is 2.49. The van der Waals surface area contributed by atoms with Gasteiger partial charge in [-0.15, -0.1) is 0 Å². The van der Waals surface area contributed by atoms with Crippen LogP contribution in [-0.2, 0) is 4.79 Å². The molecule has 5 heteroatoms. The summed E-state index contributed by atoms with van der Waals surface area (Å²) < 4.78 is 0. The summed E-state index contributed by atoms with van der Waals surface area (Å²) in [7, 11) is 0. The van der Waals surface area contributed by atoms with Crippen molar-refractivity contribution in [2.24, 2.45) is 16.8 Å². The molecule has 108 valence electrons. The molecule has 1 unspecified atom stereocenters. The van der Waals surface area contributed by atoms with Crippen LogP contribution in [0, 0.1) is 5.92 Å². The Bertz CT molecular complexity index is 479. The zero-order chi connectivity index (χ0) is 14.5. The topological polar surface area (TPSA) is 78.9 Å². The van der Waals surface area contributed by atoms with Gasteiger partial charge in [-0.3, -0.25) is 4.79 Å². The van der Waals surface area contributed by atoms with E-state index >= 15 is 0 Å². The van der Waals surface area contributed by atoms with E-state index in [9.17, 15) is 4.79 Å². The minimum Gasteiger partial charge on any atom is -0.409 e. The smallest absolute Gasteiger partial charge is 0.237 e. The van der Waals surface area contributed by atoms with E-state index in [1.807, 2.05) is 35.2 Å². The largest absolute Gasteiger partial charge is 0.409 e. The third kappa shape index (κ3) is 3.10. The maximum atomic E-state index is 12.7. The van der Waals surface area contributed by atoms with Crippen LogP contribution in [0.15, 0.2) is 35.5 Å². The molecule has 1 aliphatic heterocycles. The van der Waals surface area contributed by atoms with Gasteiger partial charge in [-0.05, 0) is 24.3 Å². The first-order valence-electron chi connectivity index (χ1n) is 6.94. The first kappa shape index (κ1) is 14.4. The van der Waals surface area contributed by atoms with Gasteiger partial charge in [0.05, 0.1) is 0 Å². The quantitative estimate of drug-likeness (QED) is 0.382. The zero-order valence-electron chi connectivity index (χ0n) is 11.7. The van der Waals surface area contributed by atoms with E-state index in [0.717, 1.165) is 31.5 Å². The van der Waals surface area contributed by atoms with Gasteiger partial charge in [0.25, 0.3) is 0 Å². The minimum atomic E-state index is -0.699. The second kappa shape index (κ2) is 6.41. The fourth-order valence-electron chi connectivity index (χ4n) is 2.55. The van der Waals surface area contributed by atoms with Crippen LogP contribution in [0.2, 0.25) is 0 Å². The summed E-state index contributed by atoms with van der Waals surface area (Å²) >= 11 is 0. The Morgan fingerprint density at radius 3 is 2.50 bits per heavy atom. The number of likely N-dealkylation sites (tertiary alicyclic amines) is 1. The monoisotopic (exact) mass is 275 g/mol. The van der Waals surface area contributed by atoms with Crippen LogP contribution in [0.4, 0.5) is 0 Å². The van der Waals surface area contributed by atoms with Crippen LogP contribution in [0.25, 0.3) is 0 Å². The third-order valence-corrected chi connectivity index (χ3v) is 3.89. The van der Waals surface area contributed by atoms with Crippen molar-refractivity contribution >= 4 is 11.7 Å². The molecular formula is C15H21N3O2. The number of nitrogens with zero attached hydrogens (tertiary/aromatic N) is 2. The molecule has 1 aromatic carbocycles. The van der Waals surface area contributed by atoms with Gasteiger partial charge in [0.1, 0.15) is 5.92 Å². The predicted octanol–water partition coefficient (Wildman–Crippen LogP) is 1.78. The van der Waals surface area contributed by atoms with Crippen molar-refractivity contribution in [1.82, 2.24) is 4.90 Å². The van der Waals surface area contributed by atoms with Crippen LogP contribution in [0.1, 0.15) is 31.2 Å². The van der Waals surface area contributed by atoms with Crippen LogP contribution < -0.4 is 5.73 Å². The van der Waals surface area contributed by atoms with Crippen LogP contribution >= 0.6 is 0 Å². The number of hydrogen-bond acceptors (Lipinski definition) is 3. The number of nitrogens with two attached hydrogens (primary N) is 1. The number of piperidine rings is 1. The molecule has 0 bridgehead atoms. The SMILES string of the molecule is CC1CCN(C(=O)C(C(N)=NO)c2ccccc2)CC1. The Hall–Kier alpha value is -2.04. The van der Waals surface area contributed by atoms with E-state index in [0.29, 0.717) is 5.92 Å². The van der Waals surface area contributed by atoms with Crippen molar-refractivity contribution in [2.45, 2.75) is 25.7 Å². The summed E-state index contributed by atoms with van der Waals surface area (Å²) in [5, 5.41) is 12.0. The number of hydrogen-bond donors (Lipinski definition) is 2. The molecular weight excluding hydrogens is 254 g/mol. The maximum Gasteiger partial charge on any atom is 0.237 e. The van der Waals surface area contributed by atoms with E-state index in [1.165, 1.54) is 0 Å². The normalized spacial score (nSPS) is 18.9. The second-order valence-electron chi connectivity index (χ2n) is 5.38. The van der Waals surface area contributed by atoms with E-state index in [-0.39, 0.29) is 11.7 Å². The van der Waals surface area contributed by atoms with Crippen molar-refractivity contribution in [3.63, 3.8) is 0 Å². The van der Waals surface area contributed by atoms with Gasteiger partial charge >= 0.3 is 0 Å². The summed E-state index contributed by atoms with van der Waals surface area (Å²) in [6, 6.07) is 9.22. The van der Waals surface area contributed by atoms with Crippen molar-refractivity contribution in [3.8, 4) is 0 Å². The molecule has 1 fully saturated rings. The lowest BCUT2D eigenvalue weighted by Crippen LogP contribution is -2.44. The van der Waals surface area contributed by atoms with Crippen LogP contribution in [-0.4, -0.2) is 34.9 Å². The highest BCUT2D eigenvalue weighted by Crippen LogP contribution is 2.23. The molecule has 0 aromatic heterocycles. The van der Waals surface area contributed by atoms with Crippen molar-refractivity contribution in [1.29, 1.82) is 0 Å². The van der Waals surface area contributed by atoms with Gasteiger partial charge in [0.15, 0.2) is 5.84 Å². The fraction of sp³-hybridized carbons (Fsp3) is 0.467. The van der Waals surface area contributed by atoms with Gasteiger partial charge in [0, 0.05) is 13.1 Å². The minimum absolute atomic E-state index is 0.0557. The molecule has 1 amide bonds. The molecule has 1 atom stereocenters. The molecule has 0 spiro atoms. The highest BCUT2D eigenvalue weighted by atomic mass is 16.4.